The minimum absolute atomic E-state index is 0.0691. The van der Waals surface area contributed by atoms with Gasteiger partial charge >= 0.3 is 6.03 Å². The van der Waals surface area contributed by atoms with Gasteiger partial charge in [-0.15, -0.1) is 0 Å². The molecule has 2 atom stereocenters. The largest absolute Gasteiger partial charge is 0.355 e. The SMILES string of the molecule is C[C@H](N)C(=O)NCCCCN1N=C(c2ccc(NC(=O)N3Cc4ccncc4C3)cc2)CC(c2cccc3ncccc23)C1=O. The number of nitrogens with two attached hydrogens (primary N) is 1. The Labute approximate surface area is 261 Å². The first-order valence-electron chi connectivity index (χ1n) is 15.2. The van der Waals surface area contributed by atoms with Gasteiger partial charge in [0.15, 0.2) is 0 Å². The number of pyridine rings is 2. The smallest absolute Gasteiger partial charge is 0.322 e. The van der Waals surface area contributed by atoms with E-state index in [4.69, 9.17) is 10.8 Å². The number of nitrogens with one attached hydrogen (secondary N) is 2. The number of carbonyl (C=O) groups is 3. The Morgan fingerprint density at radius 2 is 1.82 bits per heavy atom. The highest BCUT2D eigenvalue weighted by Crippen LogP contribution is 2.33. The quantitative estimate of drug-likeness (QED) is 0.245. The van der Waals surface area contributed by atoms with Gasteiger partial charge in [-0.2, -0.15) is 5.10 Å². The molecule has 0 radical (unpaired) electrons. The Hall–Kier alpha value is -5.16. The molecule has 1 unspecified atom stereocenters. The highest BCUT2D eigenvalue weighted by Gasteiger charge is 2.33. The average molecular weight is 605 g/mol. The number of urea groups is 1. The molecule has 2 aromatic heterocycles. The number of hydrogen-bond donors (Lipinski definition) is 3. The van der Waals surface area contributed by atoms with Gasteiger partial charge < -0.3 is 21.3 Å². The van der Waals surface area contributed by atoms with Crippen LogP contribution in [0, 0.1) is 0 Å². The van der Waals surface area contributed by atoms with E-state index < -0.39 is 12.0 Å². The van der Waals surface area contributed by atoms with Gasteiger partial charge in [0.2, 0.25) is 5.91 Å². The summed E-state index contributed by atoms with van der Waals surface area (Å²) in [6, 6.07) is 18.5. The number of benzene rings is 2. The van der Waals surface area contributed by atoms with Crippen molar-refractivity contribution in [1.82, 2.24) is 25.2 Å². The molecule has 4 N–H and O–H groups in total. The van der Waals surface area contributed by atoms with Crippen LogP contribution < -0.4 is 16.4 Å². The first-order chi connectivity index (χ1) is 21.9. The Morgan fingerprint density at radius 3 is 2.62 bits per heavy atom. The Kier molecular flexibility index (Phi) is 8.79. The monoisotopic (exact) mass is 604 g/mol. The fourth-order valence-corrected chi connectivity index (χ4v) is 5.78. The molecule has 2 aliphatic rings. The minimum Gasteiger partial charge on any atom is -0.355 e. The van der Waals surface area contributed by atoms with Gasteiger partial charge in [0.1, 0.15) is 0 Å². The molecule has 230 valence electrons. The number of nitrogens with zero attached hydrogens (tertiary/aromatic N) is 5. The van der Waals surface area contributed by atoms with Crippen molar-refractivity contribution in [1.29, 1.82) is 0 Å². The second-order valence-corrected chi connectivity index (χ2v) is 11.5. The van der Waals surface area contributed by atoms with E-state index in [1.165, 1.54) is 0 Å². The fourth-order valence-electron chi connectivity index (χ4n) is 5.78. The summed E-state index contributed by atoms with van der Waals surface area (Å²) in [5.74, 6) is -0.703. The first kappa shape index (κ1) is 29.9. The number of aromatic nitrogens is 2. The molecule has 45 heavy (non-hydrogen) atoms. The van der Waals surface area contributed by atoms with Crippen LogP contribution in [0.1, 0.15) is 54.4 Å². The van der Waals surface area contributed by atoms with Crippen LogP contribution in [-0.2, 0) is 22.7 Å². The zero-order valence-electron chi connectivity index (χ0n) is 25.1. The van der Waals surface area contributed by atoms with Gasteiger partial charge in [-0.05, 0) is 72.4 Å². The second kappa shape index (κ2) is 13.2. The van der Waals surface area contributed by atoms with E-state index in [9.17, 15) is 14.4 Å². The van der Waals surface area contributed by atoms with Gasteiger partial charge in [-0.3, -0.25) is 19.6 Å². The summed E-state index contributed by atoms with van der Waals surface area (Å²) in [6.45, 7) is 3.61. The average Bonchev–Trinajstić information content (AvgIpc) is 3.50. The molecular weight excluding hydrogens is 568 g/mol. The molecule has 11 nitrogen and oxygen atoms in total. The van der Waals surface area contributed by atoms with Crippen LogP contribution in [0.25, 0.3) is 10.9 Å². The standard InChI is InChI=1S/C34H36N8O3/c1-22(35)32(43)38-14-2-3-17-42-33(44)29(27-6-4-8-30-28(27)7-5-15-37-30)18-31(40-42)23-9-11-26(12-10-23)39-34(45)41-20-24-13-16-36-19-25(24)21-41/h4-13,15-16,19,22,29H,2-3,14,17-18,20-21,35H2,1H3,(H,38,43)(H,39,45)/t22-,29?/m0/s1. The number of amides is 4. The van der Waals surface area contributed by atoms with E-state index in [1.807, 2.05) is 60.7 Å². The Balaban J connectivity index is 1.19. The van der Waals surface area contributed by atoms with Crippen molar-refractivity contribution >= 4 is 40.1 Å². The molecule has 0 fully saturated rings. The lowest BCUT2D eigenvalue weighted by Gasteiger charge is -2.30. The molecule has 0 saturated carbocycles. The number of rotatable bonds is 9. The maximum atomic E-state index is 13.8. The summed E-state index contributed by atoms with van der Waals surface area (Å²) in [5.41, 5.74) is 11.9. The molecule has 11 heteroatoms. The fraction of sp³-hybridized carbons (Fsp3) is 0.294. The molecule has 4 heterocycles. The number of anilines is 1. The second-order valence-electron chi connectivity index (χ2n) is 11.5. The summed E-state index contributed by atoms with van der Waals surface area (Å²) in [5, 5.41) is 13.1. The maximum Gasteiger partial charge on any atom is 0.322 e. The molecule has 0 aliphatic carbocycles. The van der Waals surface area contributed by atoms with E-state index in [1.54, 1.807) is 35.4 Å². The van der Waals surface area contributed by atoms with Crippen molar-refractivity contribution in [3.8, 4) is 0 Å². The molecule has 0 saturated heterocycles. The van der Waals surface area contributed by atoms with Crippen LogP contribution in [0.5, 0.6) is 0 Å². The first-order valence-corrected chi connectivity index (χ1v) is 15.2. The third-order valence-corrected chi connectivity index (χ3v) is 8.24. The summed E-state index contributed by atoms with van der Waals surface area (Å²) in [4.78, 5) is 49.0. The molecule has 0 spiro atoms. The van der Waals surface area contributed by atoms with E-state index in [2.05, 4.69) is 20.6 Å². The lowest BCUT2D eigenvalue weighted by molar-refractivity contribution is -0.133. The normalized spacial score (nSPS) is 16.7. The van der Waals surface area contributed by atoms with E-state index in [0.717, 1.165) is 38.9 Å². The van der Waals surface area contributed by atoms with Gasteiger partial charge in [0.25, 0.3) is 5.91 Å². The number of fused-ring (bicyclic) bond motifs is 2. The van der Waals surface area contributed by atoms with Gasteiger partial charge in [-0.1, -0.05) is 30.3 Å². The molecule has 4 amide bonds. The molecular formula is C34H36N8O3. The number of carbonyl (C=O) groups excluding carboxylic acids is 3. The highest BCUT2D eigenvalue weighted by atomic mass is 16.2. The lowest BCUT2D eigenvalue weighted by Crippen LogP contribution is -2.40. The van der Waals surface area contributed by atoms with Gasteiger partial charge in [0.05, 0.1) is 23.2 Å². The Morgan fingerprint density at radius 1 is 1.00 bits per heavy atom. The third kappa shape index (κ3) is 6.68. The molecule has 0 bridgehead atoms. The van der Waals surface area contributed by atoms with E-state index >= 15 is 0 Å². The van der Waals surface area contributed by atoms with Crippen molar-refractivity contribution in [2.45, 2.75) is 51.2 Å². The Bertz CT molecular complexity index is 1720. The maximum absolute atomic E-state index is 13.8. The van der Waals surface area contributed by atoms with Crippen LogP contribution in [0.4, 0.5) is 10.5 Å². The topological polar surface area (TPSA) is 146 Å². The molecule has 2 aliphatic heterocycles. The molecule has 4 aromatic rings. The predicted octanol–water partition coefficient (Wildman–Crippen LogP) is 4.14. The predicted molar refractivity (Wildman–Crippen MR) is 172 cm³/mol. The lowest BCUT2D eigenvalue weighted by atomic mass is 9.86. The summed E-state index contributed by atoms with van der Waals surface area (Å²) in [6.07, 6.45) is 7.07. The van der Waals surface area contributed by atoms with Crippen molar-refractivity contribution in [2.24, 2.45) is 10.8 Å². The number of hydrogen-bond acceptors (Lipinski definition) is 7. The highest BCUT2D eigenvalue weighted by molar-refractivity contribution is 6.07. The van der Waals surface area contributed by atoms with Crippen molar-refractivity contribution in [3.05, 3.63) is 102 Å². The number of hydrazone groups is 1. The number of unbranched alkanes of at least 4 members (excludes halogenated alkanes) is 1. The van der Waals surface area contributed by atoms with Crippen molar-refractivity contribution in [3.63, 3.8) is 0 Å². The molecule has 6 rings (SSSR count). The zero-order chi connectivity index (χ0) is 31.3. The van der Waals surface area contributed by atoms with Crippen LogP contribution in [0.3, 0.4) is 0 Å². The minimum atomic E-state index is -0.564. The van der Waals surface area contributed by atoms with E-state index in [0.29, 0.717) is 51.1 Å². The zero-order valence-corrected chi connectivity index (χ0v) is 25.1. The summed E-state index contributed by atoms with van der Waals surface area (Å²) < 4.78 is 0. The third-order valence-electron chi connectivity index (χ3n) is 8.24. The van der Waals surface area contributed by atoms with E-state index in [-0.39, 0.29) is 17.8 Å². The van der Waals surface area contributed by atoms with Gasteiger partial charge in [0, 0.05) is 62.3 Å². The van der Waals surface area contributed by atoms with Crippen molar-refractivity contribution < 1.29 is 14.4 Å². The van der Waals surface area contributed by atoms with Crippen LogP contribution in [-0.4, -0.2) is 62.6 Å². The van der Waals surface area contributed by atoms with Crippen molar-refractivity contribution in [2.75, 3.05) is 18.4 Å². The van der Waals surface area contributed by atoms with Crippen LogP contribution in [0.15, 0.2) is 84.4 Å². The summed E-state index contributed by atoms with van der Waals surface area (Å²) >= 11 is 0. The van der Waals surface area contributed by atoms with Crippen LogP contribution in [0.2, 0.25) is 0 Å². The molecule has 2 aromatic carbocycles. The van der Waals surface area contributed by atoms with Gasteiger partial charge in [-0.25, -0.2) is 9.80 Å². The summed E-state index contributed by atoms with van der Waals surface area (Å²) in [7, 11) is 0. The van der Waals surface area contributed by atoms with Crippen LogP contribution >= 0.6 is 0 Å².